The number of nitrogens with zero attached hydrogens (tertiary/aromatic N) is 2. The number of aromatic nitrogens is 2. The second-order valence-corrected chi connectivity index (χ2v) is 7.54. The second kappa shape index (κ2) is 9.39. The Morgan fingerprint density at radius 3 is 2.64 bits per heavy atom. The fourth-order valence-corrected chi connectivity index (χ4v) is 3.78. The highest BCUT2D eigenvalue weighted by molar-refractivity contribution is 8.01. The van der Waals surface area contributed by atoms with E-state index in [0.717, 1.165) is 28.2 Å². The van der Waals surface area contributed by atoms with Crippen LogP contribution in [0.1, 0.15) is 12.0 Å². The van der Waals surface area contributed by atoms with Crippen molar-refractivity contribution in [2.24, 2.45) is 0 Å². The number of anilines is 1. The monoisotopic (exact) mass is 375 g/mol. The summed E-state index contributed by atoms with van der Waals surface area (Å²) in [6.07, 6.45) is 0.883. The molecule has 0 bridgehead atoms. The molecule has 7 heteroatoms. The molecule has 1 N–H and O–H groups in total. The molecule has 0 saturated carbocycles. The van der Waals surface area contributed by atoms with E-state index in [4.69, 9.17) is 4.74 Å². The van der Waals surface area contributed by atoms with E-state index in [1.807, 2.05) is 18.2 Å². The highest BCUT2D eigenvalue weighted by atomic mass is 32.2. The first-order valence-electron chi connectivity index (χ1n) is 7.92. The number of rotatable bonds is 9. The number of hydrogen-bond donors (Lipinski definition) is 1. The molecular weight excluding hydrogens is 357 g/mol. The molecule has 3 aromatic rings. The van der Waals surface area contributed by atoms with Crippen LogP contribution in [0, 0.1) is 5.82 Å². The zero-order valence-corrected chi connectivity index (χ0v) is 15.2. The summed E-state index contributed by atoms with van der Waals surface area (Å²) >= 11 is 3.22. The molecule has 0 radical (unpaired) electrons. The molecule has 0 unspecified atom stereocenters. The van der Waals surface area contributed by atoms with Gasteiger partial charge in [0, 0.05) is 12.3 Å². The maximum atomic E-state index is 12.8. The molecule has 0 aliphatic heterocycles. The number of thioether (sulfide) groups is 1. The summed E-state index contributed by atoms with van der Waals surface area (Å²) in [5, 5.41) is 12.4. The summed E-state index contributed by atoms with van der Waals surface area (Å²) in [6, 6.07) is 16.3. The fraction of sp³-hybridized carbons (Fsp3) is 0.222. The van der Waals surface area contributed by atoms with Crippen molar-refractivity contribution >= 4 is 28.2 Å². The van der Waals surface area contributed by atoms with Crippen molar-refractivity contribution in [3.8, 4) is 5.75 Å². The van der Waals surface area contributed by atoms with Gasteiger partial charge < -0.3 is 10.1 Å². The Bertz CT molecular complexity index is 766. The van der Waals surface area contributed by atoms with Gasteiger partial charge >= 0.3 is 0 Å². The molecule has 0 spiro atoms. The second-order valence-electron chi connectivity index (χ2n) is 5.22. The van der Waals surface area contributed by atoms with Crippen molar-refractivity contribution in [1.82, 2.24) is 10.2 Å². The van der Waals surface area contributed by atoms with Gasteiger partial charge in [0.1, 0.15) is 11.6 Å². The third-order valence-electron chi connectivity index (χ3n) is 3.29. The quantitative estimate of drug-likeness (QED) is 0.428. The van der Waals surface area contributed by atoms with Gasteiger partial charge in [0.15, 0.2) is 4.34 Å². The lowest BCUT2D eigenvalue weighted by Crippen LogP contribution is -1.98. The van der Waals surface area contributed by atoms with Crippen LogP contribution in [-0.4, -0.2) is 22.6 Å². The van der Waals surface area contributed by atoms with Crippen LogP contribution in [-0.2, 0) is 6.54 Å². The van der Waals surface area contributed by atoms with E-state index in [2.05, 4.69) is 27.6 Å². The third kappa shape index (κ3) is 6.03. The smallest absolute Gasteiger partial charge is 0.206 e. The molecule has 0 fully saturated rings. The fourth-order valence-electron chi connectivity index (χ4n) is 2.05. The van der Waals surface area contributed by atoms with Crippen molar-refractivity contribution in [2.45, 2.75) is 17.3 Å². The van der Waals surface area contributed by atoms with Gasteiger partial charge in [0.05, 0.1) is 6.61 Å². The van der Waals surface area contributed by atoms with Crippen LogP contribution in [0.15, 0.2) is 58.9 Å². The summed E-state index contributed by atoms with van der Waals surface area (Å²) < 4.78 is 19.3. The van der Waals surface area contributed by atoms with Gasteiger partial charge in [-0.25, -0.2) is 4.39 Å². The molecule has 3 rings (SSSR count). The van der Waals surface area contributed by atoms with Gasteiger partial charge in [-0.05, 0) is 36.2 Å². The molecule has 1 aromatic heterocycles. The summed E-state index contributed by atoms with van der Waals surface area (Å²) in [4.78, 5) is 0. The zero-order chi connectivity index (χ0) is 17.3. The van der Waals surface area contributed by atoms with Crippen LogP contribution in [0.3, 0.4) is 0 Å². The normalized spacial score (nSPS) is 10.6. The lowest BCUT2D eigenvalue weighted by Gasteiger charge is -2.04. The SMILES string of the molecule is Fc1ccc(OCCCSc2nnc(NCc3ccccc3)s2)cc1. The van der Waals surface area contributed by atoms with E-state index < -0.39 is 0 Å². The largest absolute Gasteiger partial charge is 0.494 e. The molecule has 0 amide bonds. The standard InChI is InChI=1S/C18H18FN3OS2/c19-15-7-9-16(10-8-15)23-11-4-12-24-18-22-21-17(25-18)20-13-14-5-2-1-3-6-14/h1-3,5-10H,4,11-13H2,(H,20,21). The third-order valence-corrected chi connectivity index (χ3v) is 5.39. The first-order chi connectivity index (χ1) is 12.3. The van der Waals surface area contributed by atoms with E-state index in [1.165, 1.54) is 17.7 Å². The lowest BCUT2D eigenvalue weighted by atomic mass is 10.2. The molecule has 0 aliphatic carbocycles. The van der Waals surface area contributed by atoms with Crippen molar-refractivity contribution in [2.75, 3.05) is 17.7 Å². The van der Waals surface area contributed by atoms with Gasteiger partial charge in [0.25, 0.3) is 0 Å². The van der Waals surface area contributed by atoms with Crippen LogP contribution < -0.4 is 10.1 Å². The maximum absolute atomic E-state index is 12.8. The predicted octanol–water partition coefficient (Wildman–Crippen LogP) is 4.85. The Morgan fingerprint density at radius 2 is 1.84 bits per heavy atom. The Labute approximate surface area is 154 Å². The summed E-state index contributed by atoms with van der Waals surface area (Å²) in [6.45, 7) is 1.34. The van der Waals surface area contributed by atoms with E-state index in [9.17, 15) is 4.39 Å². The van der Waals surface area contributed by atoms with Crippen LogP contribution in [0.25, 0.3) is 0 Å². The Kier molecular flexibility index (Phi) is 6.64. The molecule has 130 valence electrons. The maximum Gasteiger partial charge on any atom is 0.206 e. The molecule has 2 aromatic carbocycles. The lowest BCUT2D eigenvalue weighted by molar-refractivity contribution is 0.318. The predicted molar refractivity (Wildman–Crippen MR) is 101 cm³/mol. The molecular formula is C18H18FN3OS2. The molecule has 25 heavy (non-hydrogen) atoms. The zero-order valence-electron chi connectivity index (χ0n) is 13.5. The number of hydrogen-bond acceptors (Lipinski definition) is 6. The Morgan fingerprint density at radius 1 is 1.04 bits per heavy atom. The topological polar surface area (TPSA) is 47.0 Å². The first kappa shape index (κ1) is 17.7. The van der Waals surface area contributed by atoms with E-state index in [-0.39, 0.29) is 5.82 Å². The number of nitrogens with one attached hydrogen (secondary N) is 1. The Hall–Kier alpha value is -2.12. The molecule has 1 heterocycles. The summed E-state index contributed by atoms with van der Waals surface area (Å²) in [5.41, 5.74) is 1.21. The molecule has 0 saturated heterocycles. The van der Waals surface area contributed by atoms with Crippen LogP contribution in [0.2, 0.25) is 0 Å². The van der Waals surface area contributed by atoms with Gasteiger partial charge in [-0.2, -0.15) is 0 Å². The van der Waals surface area contributed by atoms with Crippen LogP contribution in [0.5, 0.6) is 5.75 Å². The van der Waals surface area contributed by atoms with Gasteiger partial charge in [0.2, 0.25) is 5.13 Å². The number of halogens is 1. The Balaban J connectivity index is 1.33. The van der Waals surface area contributed by atoms with Crippen molar-refractivity contribution < 1.29 is 9.13 Å². The summed E-state index contributed by atoms with van der Waals surface area (Å²) in [7, 11) is 0. The van der Waals surface area contributed by atoms with E-state index in [0.29, 0.717) is 12.4 Å². The number of benzene rings is 2. The first-order valence-corrected chi connectivity index (χ1v) is 9.72. The molecule has 0 aliphatic rings. The van der Waals surface area contributed by atoms with E-state index in [1.54, 1.807) is 35.2 Å². The minimum Gasteiger partial charge on any atom is -0.494 e. The highest BCUT2D eigenvalue weighted by Gasteiger charge is 2.04. The molecule has 0 atom stereocenters. The van der Waals surface area contributed by atoms with Crippen molar-refractivity contribution in [1.29, 1.82) is 0 Å². The number of ether oxygens (including phenoxy) is 1. The average molecular weight is 375 g/mol. The van der Waals surface area contributed by atoms with Gasteiger partial charge in [-0.1, -0.05) is 53.4 Å². The average Bonchev–Trinajstić information content (AvgIpc) is 3.10. The van der Waals surface area contributed by atoms with Crippen molar-refractivity contribution in [3.05, 3.63) is 66.0 Å². The van der Waals surface area contributed by atoms with E-state index >= 15 is 0 Å². The summed E-state index contributed by atoms with van der Waals surface area (Å²) in [5.74, 6) is 1.33. The minimum absolute atomic E-state index is 0.254. The van der Waals surface area contributed by atoms with Crippen LogP contribution >= 0.6 is 23.1 Å². The van der Waals surface area contributed by atoms with Gasteiger partial charge in [-0.15, -0.1) is 10.2 Å². The van der Waals surface area contributed by atoms with Gasteiger partial charge in [-0.3, -0.25) is 0 Å². The van der Waals surface area contributed by atoms with Crippen molar-refractivity contribution in [3.63, 3.8) is 0 Å². The van der Waals surface area contributed by atoms with Crippen LogP contribution in [0.4, 0.5) is 9.52 Å². The minimum atomic E-state index is -0.254. The highest BCUT2D eigenvalue weighted by Crippen LogP contribution is 2.26. The molecule has 4 nitrogen and oxygen atoms in total.